The predicted molar refractivity (Wildman–Crippen MR) is 60.7 cm³/mol. The number of hydrogen-bond donors (Lipinski definition) is 0. The van der Waals surface area contributed by atoms with Gasteiger partial charge in [0.05, 0.1) is 20.3 Å². The van der Waals surface area contributed by atoms with Crippen LogP contribution in [0.5, 0.6) is 0 Å². The minimum atomic E-state index is -0.572. The highest BCUT2D eigenvalue weighted by Gasteiger charge is 2.32. The normalized spacial score (nSPS) is 19.1. The van der Waals surface area contributed by atoms with E-state index < -0.39 is 12.0 Å². The third-order valence-corrected chi connectivity index (χ3v) is 2.62. The van der Waals surface area contributed by atoms with Crippen LogP contribution in [0.3, 0.4) is 0 Å². The number of nitriles is 1. The summed E-state index contributed by atoms with van der Waals surface area (Å²) in [6.45, 7) is 1.19. The van der Waals surface area contributed by atoms with E-state index in [9.17, 15) is 4.79 Å². The first-order valence-corrected chi connectivity index (χ1v) is 5.41. The van der Waals surface area contributed by atoms with Crippen LogP contribution in [0.15, 0.2) is 12.3 Å². The summed E-state index contributed by atoms with van der Waals surface area (Å²) >= 11 is 0. The number of esters is 1. The Balaban J connectivity index is 2.28. The highest BCUT2D eigenvalue weighted by atomic mass is 16.5. The average Bonchev–Trinajstić information content (AvgIpc) is 2.46. The molecule has 0 spiro atoms. The molecular weight excluding hydrogens is 236 g/mol. The zero-order chi connectivity index (χ0) is 13.0. The summed E-state index contributed by atoms with van der Waals surface area (Å²) in [6.07, 6.45) is 1.49. The SMILES string of the molecule is COC(=O)C1COCCN1c1nccc(C#N)n1. The van der Waals surface area contributed by atoms with Crippen LogP contribution >= 0.6 is 0 Å². The Labute approximate surface area is 104 Å². The second-order valence-corrected chi connectivity index (χ2v) is 3.66. The fourth-order valence-corrected chi connectivity index (χ4v) is 1.72. The summed E-state index contributed by atoms with van der Waals surface area (Å²) in [7, 11) is 1.32. The number of morpholine rings is 1. The Hall–Kier alpha value is -2.20. The fourth-order valence-electron chi connectivity index (χ4n) is 1.72. The van der Waals surface area contributed by atoms with Crippen LogP contribution in [0.2, 0.25) is 0 Å². The van der Waals surface area contributed by atoms with Crippen LogP contribution in [-0.2, 0) is 14.3 Å². The molecule has 1 fully saturated rings. The van der Waals surface area contributed by atoms with Crippen molar-refractivity contribution in [2.75, 3.05) is 31.8 Å². The van der Waals surface area contributed by atoms with Crippen LogP contribution in [0.4, 0.5) is 5.95 Å². The number of aromatic nitrogens is 2. The van der Waals surface area contributed by atoms with Crippen LogP contribution in [0.1, 0.15) is 5.69 Å². The Bertz CT molecular complexity index is 485. The van der Waals surface area contributed by atoms with Gasteiger partial charge in [-0.05, 0) is 6.07 Å². The van der Waals surface area contributed by atoms with Gasteiger partial charge in [0.2, 0.25) is 5.95 Å². The topological polar surface area (TPSA) is 88.3 Å². The van der Waals surface area contributed by atoms with E-state index in [0.717, 1.165) is 0 Å². The number of methoxy groups -OCH3 is 1. The van der Waals surface area contributed by atoms with Gasteiger partial charge in [0, 0.05) is 12.7 Å². The van der Waals surface area contributed by atoms with Crippen LogP contribution < -0.4 is 4.90 Å². The van der Waals surface area contributed by atoms with E-state index in [1.54, 1.807) is 4.90 Å². The molecule has 1 aliphatic heterocycles. The van der Waals surface area contributed by atoms with Gasteiger partial charge >= 0.3 is 5.97 Å². The highest BCUT2D eigenvalue weighted by molar-refractivity contribution is 5.79. The molecule has 2 rings (SSSR count). The molecule has 1 aromatic heterocycles. The molecule has 0 radical (unpaired) electrons. The van der Waals surface area contributed by atoms with E-state index in [0.29, 0.717) is 19.1 Å². The van der Waals surface area contributed by atoms with Crippen molar-refractivity contribution in [2.24, 2.45) is 0 Å². The molecule has 1 aliphatic rings. The van der Waals surface area contributed by atoms with Gasteiger partial charge in [-0.2, -0.15) is 5.26 Å². The van der Waals surface area contributed by atoms with Gasteiger partial charge in [-0.15, -0.1) is 0 Å². The summed E-state index contributed by atoms with van der Waals surface area (Å²) in [6, 6.07) is 2.88. The summed E-state index contributed by atoms with van der Waals surface area (Å²) < 4.78 is 9.97. The largest absolute Gasteiger partial charge is 0.467 e. The molecule has 0 N–H and O–H groups in total. The standard InChI is InChI=1S/C11H12N4O3/c1-17-10(16)9-7-18-5-4-15(9)11-13-3-2-8(6-12)14-11/h2-3,9H,4-5,7H2,1H3. The summed E-state index contributed by atoms with van der Waals surface area (Å²) in [5.41, 5.74) is 0.259. The van der Waals surface area contributed by atoms with Crippen molar-refractivity contribution < 1.29 is 14.3 Å². The highest BCUT2D eigenvalue weighted by Crippen LogP contribution is 2.16. The summed E-state index contributed by atoms with van der Waals surface area (Å²) in [5, 5.41) is 8.81. The second kappa shape index (κ2) is 5.42. The van der Waals surface area contributed by atoms with Gasteiger partial charge in [0.25, 0.3) is 0 Å². The summed E-state index contributed by atoms with van der Waals surface area (Å²) in [4.78, 5) is 21.5. The first-order chi connectivity index (χ1) is 8.76. The molecule has 0 aromatic carbocycles. The molecule has 7 nitrogen and oxygen atoms in total. The molecule has 18 heavy (non-hydrogen) atoms. The molecule has 0 aliphatic carbocycles. The van der Waals surface area contributed by atoms with E-state index in [1.807, 2.05) is 6.07 Å². The van der Waals surface area contributed by atoms with Gasteiger partial charge in [0.15, 0.2) is 6.04 Å². The molecule has 0 saturated carbocycles. The minimum absolute atomic E-state index is 0.229. The van der Waals surface area contributed by atoms with E-state index in [4.69, 9.17) is 14.7 Å². The van der Waals surface area contributed by atoms with E-state index in [2.05, 4.69) is 9.97 Å². The molecule has 0 amide bonds. The quantitative estimate of drug-likeness (QED) is 0.665. The van der Waals surface area contributed by atoms with Gasteiger partial charge in [-0.1, -0.05) is 0 Å². The van der Waals surface area contributed by atoms with Crippen LogP contribution in [0.25, 0.3) is 0 Å². The lowest BCUT2D eigenvalue weighted by molar-refractivity contribution is -0.144. The number of hydrogen-bond acceptors (Lipinski definition) is 7. The Morgan fingerprint density at radius 1 is 1.72 bits per heavy atom. The first-order valence-electron chi connectivity index (χ1n) is 5.41. The Kier molecular flexibility index (Phi) is 3.69. The monoisotopic (exact) mass is 248 g/mol. The number of ether oxygens (including phenoxy) is 2. The maximum absolute atomic E-state index is 11.6. The maximum Gasteiger partial charge on any atom is 0.331 e. The molecule has 1 atom stereocenters. The lowest BCUT2D eigenvalue weighted by atomic mass is 10.2. The van der Waals surface area contributed by atoms with Crippen molar-refractivity contribution in [3.63, 3.8) is 0 Å². The minimum Gasteiger partial charge on any atom is -0.467 e. The molecular formula is C11H12N4O3. The van der Waals surface area contributed by atoms with Crippen molar-refractivity contribution in [2.45, 2.75) is 6.04 Å². The molecule has 94 valence electrons. The third-order valence-electron chi connectivity index (χ3n) is 2.62. The number of nitrogens with zero attached hydrogens (tertiary/aromatic N) is 4. The van der Waals surface area contributed by atoms with Crippen molar-refractivity contribution in [1.29, 1.82) is 5.26 Å². The zero-order valence-electron chi connectivity index (χ0n) is 9.87. The third kappa shape index (κ3) is 2.38. The lowest BCUT2D eigenvalue weighted by Crippen LogP contribution is -2.51. The Morgan fingerprint density at radius 2 is 2.56 bits per heavy atom. The molecule has 1 aromatic rings. The molecule has 1 unspecified atom stereocenters. The number of rotatable bonds is 2. The maximum atomic E-state index is 11.6. The van der Waals surface area contributed by atoms with Gasteiger partial charge in [-0.25, -0.2) is 14.8 Å². The van der Waals surface area contributed by atoms with E-state index in [1.165, 1.54) is 19.4 Å². The van der Waals surface area contributed by atoms with Gasteiger partial charge in [-0.3, -0.25) is 0 Å². The van der Waals surface area contributed by atoms with Crippen molar-refractivity contribution in [1.82, 2.24) is 9.97 Å². The Morgan fingerprint density at radius 3 is 3.28 bits per heavy atom. The van der Waals surface area contributed by atoms with Crippen molar-refractivity contribution >= 4 is 11.9 Å². The van der Waals surface area contributed by atoms with Crippen LogP contribution in [0, 0.1) is 11.3 Å². The first kappa shape index (κ1) is 12.3. The van der Waals surface area contributed by atoms with Gasteiger partial charge < -0.3 is 14.4 Å². The molecule has 2 heterocycles. The molecule has 1 saturated heterocycles. The smallest absolute Gasteiger partial charge is 0.331 e. The number of carbonyl (C=O) groups is 1. The van der Waals surface area contributed by atoms with E-state index >= 15 is 0 Å². The number of carbonyl (C=O) groups excluding carboxylic acids is 1. The van der Waals surface area contributed by atoms with Crippen molar-refractivity contribution in [3.8, 4) is 6.07 Å². The second-order valence-electron chi connectivity index (χ2n) is 3.66. The zero-order valence-corrected chi connectivity index (χ0v) is 9.87. The fraction of sp³-hybridized carbons (Fsp3) is 0.455. The average molecular weight is 248 g/mol. The van der Waals surface area contributed by atoms with Crippen molar-refractivity contribution in [3.05, 3.63) is 18.0 Å². The van der Waals surface area contributed by atoms with Gasteiger partial charge in [0.1, 0.15) is 11.8 Å². The molecule has 0 bridgehead atoms. The lowest BCUT2D eigenvalue weighted by Gasteiger charge is -2.33. The predicted octanol–water partition coefficient (Wildman–Crippen LogP) is -0.274. The van der Waals surface area contributed by atoms with E-state index in [-0.39, 0.29) is 12.3 Å². The number of anilines is 1. The molecule has 7 heteroatoms. The van der Waals surface area contributed by atoms with Crippen LogP contribution in [-0.4, -0.2) is 48.8 Å². The summed E-state index contributed by atoms with van der Waals surface area (Å²) in [5.74, 6) is -0.0617.